The van der Waals surface area contributed by atoms with Gasteiger partial charge >= 0.3 is 0 Å². The van der Waals surface area contributed by atoms with Crippen LogP contribution >= 0.6 is 0 Å². The van der Waals surface area contributed by atoms with Crippen molar-refractivity contribution in [3.63, 3.8) is 0 Å². The Morgan fingerprint density at radius 2 is 1.00 bits per heavy atom. The normalized spacial score (nSPS) is 10.9. The summed E-state index contributed by atoms with van der Waals surface area (Å²) in [6, 6.07) is 42.8. The number of nitrogens with zero attached hydrogens (tertiary/aromatic N) is 4. The molecule has 0 unspecified atom stereocenters. The molecule has 55 heavy (non-hydrogen) atoms. The third kappa shape index (κ3) is 7.29. The van der Waals surface area contributed by atoms with Gasteiger partial charge in [-0.2, -0.15) is 0 Å². The number of benzene rings is 6. The van der Waals surface area contributed by atoms with Crippen LogP contribution in [0.15, 0.2) is 121 Å². The topological polar surface area (TPSA) is 44.9 Å². The first-order valence-corrected chi connectivity index (χ1v) is 19.1. The van der Waals surface area contributed by atoms with Crippen molar-refractivity contribution >= 4 is 22.1 Å². The molecule has 0 saturated carbocycles. The van der Waals surface area contributed by atoms with Crippen molar-refractivity contribution in [2.75, 3.05) is 7.11 Å². The van der Waals surface area contributed by atoms with E-state index in [9.17, 15) is 0 Å². The van der Waals surface area contributed by atoms with Crippen molar-refractivity contribution in [3.8, 4) is 62.6 Å². The lowest BCUT2D eigenvalue weighted by atomic mass is 9.94. The van der Waals surface area contributed by atoms with E-state index in [1.54, 1.807) is 7.11 Å². The Bertz CT molecular complexity index is 2740. The van der Waals surface area contributed by atoms with E-state index in [1.807, 2.05) is 19.1 Å². The molecule has 0 aliphatic rings. The molecule has 0 saturated heterocycles. The largest absolute Gasteiger partial charge is 0.497 e. The number of fused-ring (bicyclic) bond motifs is 2. The summed E-state index contributed by atoms with van der Waals surface area (Å²) in [6.07, 6.45) is 0. The molecule has 0 aliphatic carbocycles. The molecule has 5 heteroatoms. The van der Waals surface area contributed by atoms with Crippen LogP contribution in [-0.2, 0) is 13.1 Å². The molecule has 0 spiro atoms. The number of hydrogen-bond acceptors (Lipinski definition) is 3. The van der Waals surface area contributed by atoms with Crippen LogP contribution in [-0.4, -0.2) is 26.2 Å². The van der Waals surface area contributed by atoms with Gasteiger partial charge in [-0.25, -0.2) is 9.97 Å². The number of rotatable bonds is 7. The molecule has 0 atom stereocenters. The Kier molecular flexibility index (Phi) is 10.7. The average Bonchev–Trinajstić information content (AvgIpc) is 3.75. The Morgan fingerprint density at radius 3 is 1.45 bits per heavy atom. The van der Waals surface area contributed by atoms with Gasteiger partial charge in [0.2, 0.25) is 0 Å². The van der Waals surface area contributed by atoms with E-state index < -0.39 is 0 Å². The molecule has 2 heterocycles. The highest BCUT2D eigenvalue weighted by molar-refractivity contribution is 5.89. The first kappa shape index (κ1) is 37.0. The molecule has 274 valence electrons. The first-order chi connectivity index (χ1) is 26.7. The van der Waals surface area contributed by atoms with Crippen LogP contribution in [0.25, 0.3) is 67.1 Å². The van der Waals surface area contributed by atoms with E-state index in [1.165, 1.54) is 44.5 Å². The van der Waals surface area contributed by atoms with Crippen molar-refractivity contribution in [2.24, 2.45) is 0 Å². The summed E-state index contributed by atoms with van der Waals surface area (Å²) in [6.45, 7) is 16.5. The fourth-order valence-electron chi connectivity index (χ4n) is 7.70. The van der Waals surface area contributed by atoms with Gasteiger partial charge in [0.15, 0.2) is 0 Å². The molecule has 0 fully saturated rings. The molecule has 0 aliphatic heterocycles. The van der Waals surface area contributed by atoms with Gasteiger partial charge in [-0.1, -0.05) is 102 Å². The van der Waals surface area contributed by atoms with Crippen molar-refractivity contribution in [1.82, 2.24) is 19.1 Å². The van der Waals surface area contributed by atoms with Crippen LogP contribution in [0.2, 0.25) is 0 Å². The molecule has 8 rings (SSSR count). The second-order valence-corrected chi connectivity index (χ2v) is 14.0. The monoisotopic (exact) mass is 720 g/mol. The van der Waals surface area contributed by atoms with Crippen LogP contribution in [0, 0.1) is 39.5 Å². The fraction of sp³-hybridized carbons (Fsp3) is 0.200. The molecule has 2 aromatic heterocycles. The van der Waals surface area contributed by atoms with Crippen LogP contribution in [0.3, 0.4) is 0 Å². The van der Waals surface area contributed by atoms with Crippen molar-refractivity contribution in [2.45, 2.75) is 61.6 Å². The maximum absolute atomic E-state index is 5.38. The molecular weight excluding hydrogens is 673 g/mol. The summed E-state index contributed by atoms with van der Waals surface area (Å²) >= 11 is 0. The van der Waals surface area contributed by atoms with Gasteiger partial charge in [0.25, 0.3) is 0 Å². The minimum absolute atomic E-state index is 0.831. The molecule has 0 amide bonds. The fourth-order valence-corrected chi connectivity index (χ4v) is 7.70. The smallest absolute Gasteiger partial charge is 0.141 e. The summed E-state index contributed by atoms with van der Waals surface area (Å²) in [4.78, 5) is 10.0. The number of ether oxygens (including phenoxy) is 1. The SMILES string of the molecule is CC#Cc1ccc2c(c1)nc(-c1ccccc1-c1ccc(C)cc1C)n2CC.CCn1c(-c2ccccc2-c2ccc(C)cc2C)nc2cc(OC)ccc21. The van der Waals surface area contributed by atoms with E-state index in [0.29, 0.717) is 0 Å². The highest BCUT2D eigenvalue weighted by Crippen LogP contribution is 2.37. The number of hydrogen-bond donors (Lipinski definition) is 0. The Balaban J connectivity index is 0.000000169. The zero-order valence-corrected chi connectivity index (χ0v) is 33.2. The lowest BCUT2D eigenvalue weighted by Crippen LogP contribution is -1.99. The number of aryl methyl sites for hydroxylation is 6. The third-order valence-corrected chi connectivity index (χ3v) is 10.3. The van der Waals surface area contributed by atoms with Crippen LogP contribution in [0.1, 0.15) is 48.6 Å². The van der Waals surface area contributed by atoms with Crippen LogP contribution in [0.5, 0.6) is 5.75 Å². The predicted molar refractivity (Wildman–Crippen MR) is 231 cm³/mol. The van der Waals surface area contributed by atoms with Gasteiger partial charge in [0.05, 0.1) is 29.2 Å². The van der Waals surface area contributed by atoms with Crippen LogP contribution in [0.4, 0.5) is 0 Å². The maximum Gasteiger partial charge on any atom is 0.141 e. The minimum Gasteiger partial charge on any atom is -0.497 e. The van der Waals surface area contributed by atoms with E-state index in [0.717, 1.165) is 69.2 Å². The summed E-state index contributed by atoms with van der Waals surface area (Å²) in [5, 5.41) is 0. The number of methoxy groups -OCH3 is 1. The highest BCUT2D eigenvalue weighted by Gasteiger charge is 2.18. The maximum atomic E-state index is 5.38. The Labute approximate surface area is 325 Å². The van der Waals surface area contributed by atoms with E-state index in [-0.39, 0.29) is 0 Å². The summed E-state index contributed by atoms with van der Waals surface area (Å²) < 4.78 is 9.95. The molecular formula is C50H48N4O. The predicted octanol–water partition coefficient (Wildman–Crippen LogP) is 12.4. The Morgan fingerprint density at radius 1 is 0.527 bits per heavy atom. The van der Waals surface area contributed by atoms with Crippen molar-refractivity contribution in [3.05, 3.63) is 149 Å². The minimum atomic E-state index is 0.831. The molecule has 0 radical (unpaired) electrons. The molecule has 5 nitrogen and oxygen atoms in total. The average molecular weight is 721 g/mol. The molecule has 0 bridgehead atoms. The summed E-state index contributed by atoms with van der Waals surface area (Å²) in [5.41, 5.74) is 17.6. The van der Waals surface area contributed by atoms with Gasteiger partial charge < -0.3 is 13.9 Å². The lowest BCUT2D eigenvalue weighted by Gasteiger charge is -2.14. The molecule has 6 aromatic carbocycles. The zero-order valence-electron chi connectivity index (χ0n) is 33.2. The quantitative estimate of drug-likeness (QED) is 0.154. The molecule has 8 aromatic rings. The van der Waals surface area contributed by atoms with Gasteiger partial charge in [-0.3, -0.25) is 0 Å². The standard InChI is InChI=1S/C26H24N2.C24H24N2O/c1-5-9-20-13-15-25-24(17-20)27-26(28(25)6-2)23-11-8-7-10-22(23)21-14-12-18(3)16-19(21)4;1-5-26-23-13-11-18(27-4)15-22(23)25-24(26)21-9-7-6-8-20(21)19-12-10-16(2)14-17(19)3/h7-8,10-17H,6H2,1-4H3;6-15H,5H2,1-4H3. The second-order valence-electron chi connectivity index (χ2n) is 14.0. The number of aromatic nitrogens is 4. The zero-order chi connectivity index (χ0) is 38.6. The summed E-state index contributed by atoms with van der Waals surface area (Å²) in [5.74, 6) is 8.95. The van der Waals surface area contributed by atoms with Gasteiger partial charge in [-0.15, -0.1) is 5.92 Å². The van der Waals surface area contributed by atoms with E-state index >= 15 is 0 Å². The van der Waals surface area contributed by atoms with Gasteiger partial charge in [0.1, 0.15) is 17.4 Å². The highest BCUT2D eigenvalue weighted by atomic mass is 16.5. The molecule has 0 N–H and O–H groups in total. The van der Waals surface area contributed by atoms with Gasteiger partial charge in [-0.05, 0) is 112 Å². The van der Waals surface area contributed by atoms with E-state index in [2.05, 4.69) is 172 Å². The van der Waals surface area contributed by atoms with Crippen LogP contribution < -0.4 is 4.74 Å². The van der Waals surface area contributed by atoms with Crippen molar-refractivity contribution < 1.29 is 4.74 Å². The second kappa shape index (κ2) is 15.9. The first-order valence-electron chi connectivity index (χ1n) is 19.1. The number of imidazole rings is 2. The summed E-state index contributed by atoms with van der Waals surface area (Å²) in [7, 11) is 1.69. The Hall–Kier alpha value is -6.38. The lowest BCUT2D eigenvalue weighted by molar-refractivity contribution is 0.415. The van der Waals surface area contributed by atoms with E-state index in [4.69, 9.17) is 14.7 Å². The third-order valence-electron chi connectivity index (χ3n) is 10.3. The van der Waals surface area contributed by atoms with Crippen molar-refractivity contribution in [1.29, 1.82) is 0 Å². The van der Waals surface area contributed by atoms with Gasteiger partial charge in [0, 0.05) is 35.8 Å².